The van der Waals surface area contributed by atoms with E-state index >= 15 is 0 Å². The van der Waals surface area contributed by atoms with Gasteiger partial charge in [-0.05, 0) is 37.3 Å². The van der Waals surface area contributed by atoms with E-state index in [0.717, 1.165) is 23.3 Å². The molecule has 1 aliphatic rings. The zero-order valence-electron chi connectivity index (χ0n) is 18.4. The van der Waals surface area contributed by atoms with E-state index in [1.54, 1.807) is 23.4 Å². The summed E-state index contributed by atoms with van der Waals surface area (Å²) in [5, 5.41) is 0. The van der Waals surface area contributed by atoms with Gasteiger partial charge in [-0.2, -0.15) is 0 Å². The molecule has 0 aromatic heterocycles. The Morgan fingerprint density at radius 3 is 2.39 bits per heavy atom. The first-order valence-corrected chi connectivity index (χ1v) is 12.4. The van der Waals surface area contributed by atoms with Gasteiger partial charge in [0.2, 0.25) is 15.9 Å². The fourth-order valence-corrected chi connectivity index (χ4v) is 5.63. The summed E-state index contributed by atoms with van der Waals surface area (Å²) in [5.74, 6) is 0.829. The second-order valence-electron chi connectivity index (χ2n) is 8.08. The van der Waals surface area contributed by atoms with Gasteiger partial charge in [0.15, 0.2) is 0 Å². The zero-order valence-corrected chi connectivity index (χ0v) is 19.2. The molecule has 0 atom stereocenters. The van der Waals surface area contributed by atoms with E-state index in [1.807, 2.05) is 54.6 Å². The van der Waals surface area contributed by atoms with Crippen LogP contribution in [-0.4, -0.2) is 56.5 Å². The Hall–Kier alpha value is -2.38. The molecule has 1 heterocycles. The molecule has 31 heavy (non-hydrogen) atoms. The largest absolute Gasteiger partial charge is 0.496 e. The molecule has 1 saturated heterocycles. The normalized spacial score (nSPS) is 15.5. The standard InChI is InChI=1S/C24H32N2O4S/c1-25(19-22-12-6-7-13-23(22)30-2)24(27)21-14-16-26(17-15-21)31(28,29)18-8-11-20-9-4-3-5-10-20/h3-7,9-10,12-13,21H,8,11,14-19H2,1-2H3. The van der Waals surface area contributed by atoms with Gasteiger partial charge in [0.05, 0.1) is 12.9 Å². The number of aryl methyl sites for hydroxylation is 1. The van der Waals surface area contributed by atoms with Crippen LogP contribution in [0.4, 0.5) is 0 Å². The maximum absolute atomic E-state index is 12.9. The predicted octanol–water partition coefficient (Wildman–Crippen LogP) is 3.33. The van der Waals surface area contributed by atoms with Crippen LogP contribution in [0.3, 0.4) is 0 Å². The number of hydrogen-bond donors (Lipinski definition) is 0. The smallest absolute Gasteiger partial charge is 0.225 e. The van der Waals surface area contributed by atoms with Gasteiger partial charge in [0, 0.05) is 38.2 Å². The van der Waals surface area contributed by atoms with Crippen LogP contribution in [0.25, 0.3) is 0 Å². The number of rotatable bonds is 9. The second-order valence-corrected chi connectivity index (χ2v) is 10.2. The van der Waals surface area contributed by atoms with Crippen LogP contribution in [0, 0.1) is 5.92 Å². The lowest BCUT2D eigenvalue weighted by molar-refractivity contribution is -0.135. The van der Waals surface area contributed by atoms with Crippen molar-refractivity contribution in [2.75, 3.05) is 33.0 Å². The zero-order chi connectivity index (χ0) is 22.3. The Kier molecular flexibility index (Phi) is 8.09. The highest BCUT2D eigenvalue weighted by molar-refractivity contribution is 7.89. The first kappa shape index (κ1) is 23.3. The van der Waals surface area contributed by atoms with Crippen molar-refractivity contribution in [3.05, 3.63) is 65.7 Å². The van der Waals surface area contributed by atoms with E-state index < -0.39 is 10.0 Å². The number of benzene rings is 2. The topological polar surface area (TPSA) is 66.9 Å². The molecule has 0 radical (unpaired) electrons. The number of hydrogen-bond acceptors (Lipinski definition) is 4. The van der Waals surface area contributed by atoms with E-state index in [-0.39, 0.29) is 17.6 Å². The Bertz CT molecular complexity index is 955. The number of para-hydroxylation sites is 1. The van der Waals surface area contributed by atoms with Gasteiger partial charge >= 0.3 is 0 Å². The average molecular weight is 445 g/mol. The maximum Gasteiger partial charge on any atom is 0.225 e. The fourth-order valence-electron chi connectivity index (χ4n) is 4.09. The second kappa shape index (κ2) is 10.8. The minimum Gasteiger partial charge on any atom is -0.496 e. The van der Waals surface area contributed by atoms with Crippen molar-refractivity contribution in [1.29, 1.82) is 0 Å². The number of ether oxygens (including phenoxy) is 1. The third kappa shape index (κ3) is 6.31. The van der Waals surface area contributed by atoms with Crippen LogP contribution in [-0.2, 0) is 27.8 Å². The molecule has 1 amide bonds. The molecule has 0 unspecified atom stereocenters. The lowest BCUT2D eigenvalue weighted by Crippen LogP contribution is -2.44. The van der Waals surface area contributed by atoms with Gasteiger partial charge in [0.25, 0.3) is 0 Å². The van der Waals surface area contributed by atoms with E-state index in [9.17, 15) is 13.2 Å². The summed E-state index contributed by atoms with van der Waals surface area (Å²) in [6.45, 7) is 1.29. The molecular weight excluding hydrogens is 412 g/mol. The quantitative estimate of drug-likeness (QED) is 0.595. The van der Waals surface area contributed by atoms with Crippen LogP contribution < -0.4 is 4.74 Å². The van der Waals surface area contributed by atoms with Crippen molar-refractivity contribution in [3.63, 3.8) is 0 Å². The third-order valence-electron chi connectivity index (χ3n) is 5.88. The maximum atomic E-state index is 12.9. The lowest BCUT2D eigenvalue weighted by atomic mass is 9.96. The highest BCUT2D eigenvalue weighted by Crippen LogP contribution is 2.24. The van der Waals surface area contributed by atoms with Crippen LogP contribution in [0.2, 0.25) is 0 Å². The van der Waals surface area contributed by atoms with E-state index in [0.29, 0.717) is 38.9 Å². The summed E-state index contributed by atoms with van der Waals surface area (Å²) in [6.07, 6.45) is 2.48. The molecule has 168 valence electrons. The SMILES string of the molecule is COc1ccccc1CN(C)C(=O)C1CCN(S(=O)(=O)CCCc2ccccc2)CC1. The van der Waals surface area contributed by atoms with Gasteiger partial charge in [-0.1, -0.05) is 48.5 Å². The number of sulfonamides is 1. The van der Waals surface area contributed by atoms with Gasteiger partial charge in [0.1, 0.15) is 5.75 Å². The summed E-state index contributed by atoms with van der Waals surface area (Å²) in [7, 11) is 0.126. The summed E-state index contributed by atoms with van der Waals surface area (Å²) in [4.78, 5) is 14.6. The average Bonchev–Trinajstić information content (AvgIpc) is 2.79. The van der Waals surface area contributed by atoms with Crippen molar-refractivity contribution in [3.8, 4) is 5.75 Å². The van der Waals surface area contributed by atoms with Crippen molar-refractivity contribution < 1.29 is 17.9 Å². The molecule has 0 saturated carbocycles. The molecule has 1 fully saturated rings. The van der Waals surface area contributed by atoms with Crippen molar-refractivity contribution in [1.82, 2.24) is 9.21 Å². The molecule has 3 rings (SSSR count). The van der Waals surface area contributed by atoms with Gasteiger partial charge in [-0.3, -0.25) is 4.79 Å². The summed E-state index contributed by atoms with van der Waals surface area (Å²) in [5.41, 5.74) is 2.11. The Morgan fingerprint density at radius 1 is 1.06 bits per heavy atom. The number of methoxy groups -OCH3 is 1. The molecule has 6 nitrogen and oxygen atoms in total. The molecule has 2 aromatic carbocycles. The van der Waals surface area contributed by atoms with Crippen LogP contribution in [0.1, 0.15) is 30.4 Å². The summed E-state index contributed by atoms with van der Waals surface area (Å²) >= 11 is 0. The minimum atomic E-state index is -3.29. The monoisotopic (exact) mass is 444 g/mol. The molecule has 0 bridgehead atoms. The van der Waals surface area contributed by atoms with Gasteiger partial charge < -0.3 is 9.64 Å². The van der Waals surface area contributed by atoms with Crippen molar-refractivity contribution in [2.24, 2.45) is 5.92 Å². The van der Waals surface area contributed by atoms with Crippen LogP contribution in [0.5, 0.6) is 5.75 Å². The molecule has 7 heteroatoms. The highest BCUT2D eigenvalue weighted by atomic mass is 32.2. The molecule has 2 aromatic rings. The number of carbonyl (C=O) groups excluding carboxylic acids is 1. The highest BCUT2D eigenvalue weighted by Gasteiger charge is 2.32. The number of carbonyl (C=O) groups is 1. The Morgan fingerprint density at radius 2 is 1.71 bits per heavy atom. The van der Waals surface area contributed by atoms with Crippen LogP contribution >= 0.6 is 0 Å². The summed E-state index contributed by atoms with van der Waals surface area (Å²) in [6, 6.07) is 17.6. The predicted molar refractivity (Wildman–Crippen MR) is 122 cm³/mol. The number of amides is 1. The summed E-state index contributed by atoms with van der Waals surface area (Å²) < 4.78 is 32.4. The van der Waals surface area contributed by atoms with Gasteiger partial charge in [-0.15, -0.1) is 0 Å². The van der Waals surface area contributed by atoms with Crippen molar-refractivity contribution >= 4 is 15.9 Å². The number of nitrogens with zero attached hydrogens (tertiary/aromatic N) is 2. The molecule has 0 spiro atoms. The van der Waals surface area contributed by atoms with E-state index in [2.05, 4.69) is 0 Å². The number of piperidine rings is 1. The van der Waals surface area contributed by atoms with E-state index in [4.69, 9.17) is 4.74 Å². The molecular formula is C24H32N2O4S. The van der Waals surface area contributed by atoms with E-state index in [1.165, 1.54) is 0 Å². The third-order valence-corrected chi connectivity index (χ3v) is 7.84. The molecule has 0 N–H and O–H groups in total. The van der Waals surface area contributed by atoms with Crippen LogP contribution in [0.15, 0.2) is 54.6 Å². The molecule has 1 aliphatic heterocycles. The lowest BCUT2D eigenvalue weighted by Gasteiger charge is -2.32. The molecule has 0 aliphatic carbocycles. The Labute approximate surface area is 185 Å². The first-order valence-electron chi connectivity index (χ1n) is 10.8. The minimum absolute atomic E-state index is 0.0621. The Balaban J connectivity index is 1.48. The van der Waals surface area contributed by atoms with Gasteiger partial charge in [-0.25, -0.2) is 12.7 Å². The first-order chi connectivity index (χ1) is 14.9. The van der Waals surface area contributed by atoms with Crippen molar-refractivity contribution in [2.45, 2.75) is 32.2 Å². The fraction of sp³-hybridized carbons (Fsp3) is 0.458.